The third kappa shape index (κ3) is 5.58. The van der Waals surface area contributed by atoms with Crippen LogP contribution in [0, 0.1) is 5.41 Å². The van der Waals surface area contributed by atoms with Crippen molar-refractivity contribution in [2.45, 2.75) is 13.8 Å². The molecule has 8 nitrogen and oxygen atoms in total. The van der Waals surface area contributed by atoms with Gasteiger partial charge in [-0.25, -0.2) is 0 Å². The number of amides is 2. The van der Waals surface area contributed by atoms with Crippen molar-refractivity contribution >= 4 is 17.5 Å². The van der Waals surface area contributed by atoms with Gasteiger partial charge >= 0.3 is 0 Å². The topological polar surface area (TPSA) is 89.1 Å². The number of carbonyl (C=O) groups is 2. The summed E-state index contributed by atoms with van der Waals surface area (Å²) in [5.74, 6) is 0.367. The summed E-state index contributed by atoms with van der Waals surface area (Å²) in [6, 6.07) is 5.05. The number of carbonyl (C=O) groups excluding carboxylic acids is 2. The van der Waals surface area contributed by atoms with Gasteiger partial charge in [-0.2, -0.15) is 0 Å². The van der Waals surface area contributed by atoms with E-state index >= 15 is 0 Å². The van der Waals surface area contributed by atoms with Crippen molar-refractivity contribution in [2.75, 3.05) is 58.9 Å². The molecular weight excluding hydrogens is 350 g/mol. The van der Waals surface area contributed by atoms with E-state index in [0.29, 0.717) is 36.9 Å². The SMILES string of the molecule is COc1ccc(NC(=O)C(C)(C)C(=O)NCCN2CCOCC2)cc1OC. The number of morpholine rings is 1. The van der Waals surface area contributed by atoms with Gasteiger partial charge in [-0.05, 0) is 26.0 Å². The molecule has 8 heteroatoms. The first-order valence-electron chi connectivity index (χ1n) is 9.00. The van der Waals surface area contributed by atoms with E-state index < -0.39 is 11.3 Å². The second-order valence-corrected chi connectivity index (χ2v) is 6.86. The van der Waals surface area contributed by atoms with Gasteiger partial charge in [0.1, 0.15) is 5.41 Å². The first-order valence-corrected chi connectivity index (χ1v) is 9.00. The molecule has 0 unspecified atom stereocenters. The van der Waals surface area contributed by atoms with Crippen molar-refractivity contribution in [1.82, 2.24) is 10.2 Å². The highest BCUT2D eigenvalue weighted by Gasteiger charge is 2.36. The maximum Gasteiger partial charge on any atom is 0.239 e. The number of benzene rings is 1. The Hall–Kier alpha value is -2.32. The summed E-state index contributed by atoms with van der Waals surface area (Å²) in [5, 5.41) is 5.62. The molecule has 1 aliphatic rings. The molecule has 27 heavy (non-hydrogen) atoms. The van der Waals surface area contributed by atoms with Crippen LogP contribution in [0.4, 0.5) is 5.69 Å². The van der Waals surface area contributed by atoms with E-state index in [1.165, 1.54) is 7.11 Å². The molecule has 150 valence electrons. The number of anilines is 1. The minimum atomic E-state index is -1.21. The maximum atomic E-state index is 12.6. The highest BCUT2D eigenvalue weighted by atomic mass is 16.5. The first kappa shape index (κ1) is 21.0. The van der Waals surface area contributed by atoms with Gasteiger partial charge < -0.3 is 24.8 Å². The summed E-state index contributed by atoms with van der Waals surface area (Å²) in [7, 11) is 3.07. The van der Waals surface area contributed by atoms with Crippen LogP contribution >= 0.6 is 0 Å². The predicted octanol–water partition coefficient (Wildman–Crippen LogP) is 1.12. The van der Waals surface area contributed by atoms with Crippen LogP contribution in [-0.2, 0) is 14.3 Å². The summed E-state index contributed by atoms with van der Waals surface area (Å²) < 4.78 is 15.7. The molecule has 2 rings (SSSR count). The number of ether oxygens (including phenoxy) is 3. The molecule has 1 aromatic rings. The molecule has 0 radical (unpaired) electrons. The van der Waals surface area contributed by atoms with E-state index in [0.717, 1.165) is 19.6 Å². The Morgan fingerprint density at radius 2 is 1.78 bits per heavy atom. The van der Waals surface area contributed by atoms with Crippen molar-refractivity contribution in [1.29, 1.82) is 0 Å². The fraction of sp³-hybridized carbons (Fsp3) is 0.579. The standard InChI is InChI=1S/C19H29N3O5/c1-19(2,17(23)20-7-8-22-9-11-27-12-10-22)18(24)21-14-5-6-15(25-3)16(13-14)26-4/h5-6,13H,7-12H2,1-4H3,(H,20,23)(H,21,24). The summed E-state index contributed by atoms with van der Waals surface area (Å²) in [6.07, 6.45) is 0. The number of rotatable bonds is 8. The minimum Gasteiger partial charge on any atom is -0.493 e. The van der Waals surface area contributed by atoms with Crippen LogP contribution < -0.4 is 20.1 Å². The largest absolute Gasteiger partial charge is 0.493 e. The molecule has 2 amide bonds. The van der Waals surface area contributed by atoms with Gasteiger partial charge in [0.05, 0.1) is 27.4 Å². The van der Waals surface area contributed by atoms with Crippen LogP contribution in [0.5, 0.6) is 11.5 Å². The summed E-state index contributed by atoms with van der Waals surface area (Å²) in [6.45, 7) is 7.59. The Morgan fingerprint density at radius 1 is 1.11 bits per heavy atom. The third-order valence-electron chi connectivity index (χ3n) is 4.59. The van der Waals surface area contributed by atoms with Crippen molar-refractivity contribution in [3.63, 3.8) is 0 Å². The van der Waals surface area contributed by atoms with Gasteiger partial charge in [0, 0.05) is 37.9 Å². The molecule has 1 heterocycles. The quantitative estimate of drug-likeness (QED) is 0.658. The lowest BCUT2D eigenvalue weighted by atomic mass is 9.91. The number of hydrogen-bond acceptors (Lipinski definition) is 6. The fourth-order valence-electron chi connectivity index (χ4n) is 2.68. The number of nitrogens with one attached hydrogen (secondary N) is 2. The zero-order chi connectivity index (χ0) is 19.9. The molecule has 0 aliphatic carbocycles. The number of methoxy groups -OCH3 is 2. The average Bonchev–Trinajstić information content (AvgIpc) is 2.68. The van der Waals surface area contributed by atoms with Crippen molar-refractivity contribution in [2.24, 2.45) is 5.41 Å². The molecule has 1 fully saturated rings. The Labute approximate surface area is 160 Å². The molecule has 1 aliphatic heterocycles. The molecule has 0 atom stereocenters. The van der Waals surface area contributed by atoms with Gasteiger partial charge in [0.25, 0.3) is 0 Å². The van der Waals surface area contributed by atoms with E-state index in [1.807, 2.05) is 0 Å². The molecule has 1 saturated heterocycles. The van der Waals surface area contributed by atoms with Crippen LogP contribution in [0.2, 0.25) is 0 Å². The van der Waals surface area contributed by atoms with Crippen LogP contribution in [-0.4, -0.2) is 70.3 Å². The molecule has 0 bridgehead atoms. The minimum absolute atomic E-state index is 0.311. The van der Waals surface area contributed by atoms with E-state index in [2.05, 4.69) is 15.5 Å². The third-order valence-corrected chi connectivity index (χ3v) is 4.59. The Bertz CT molecular complexity index is 657. The van der Waals surface area contributed by atoms with Crippen molar-refractivity contribution in [3.05, 3.63) is 18.2 Å². The van der Waals surface area contributed by atoms with Crippen molar-refractivity contribution < 1.29 is 23.8 Å². The highest BCUT2D eigenvalue weighted by molar-refractivity contribution is 6.09. The number of hydrogen-bond donors (Lipinski definition) is 2. The molecular formula is C19H29N3O5. The summed E-state index contributed by atoms with van der Waals surface area (Å²) in [5.41, 5.74) is -0.676. The second-order valence-electron chi connectivity index (χ2n) is 6.86. The van der Waals surface area contributed by atoms with Crippen LogP contribution in [0.15, 0.2) is 18.2 Å². The van der Waals surface area contributed by atoms with Gasteiger partial charge in [-0.1, -0.05) is 0 Å². The van der Waals surface area contributed by atoms with E-state index in [9.17, 15) is 9.59 Å². The second kappa shape index (κ2) is 9.57. The van der Waals surface area contributed by atoms with Crippen molar-refractivity contribution in [3.8, 4) is 11.5 Å². The molecule has 2 N–H and O–H groups in total. The zero-order valence-electron chi connectivity index (χ0n) is 16.5. The van der Waals surface area contributed by atoms with Gasteiger partial charge in [-0.3, -0.25) is 14.5 Å². The summed E-state index contributed by atoms with van der Waals surface area (Å²) >= 11 is 0. The molecule has 0 spiro atoms. The van der Waals surface area contributed by atoms with E-state index in [1.54, 1.807) is 39.2 Å². The highest BCUT2D eigenvalue weighted by Crippen LogP contribution is 2.30. The predicted molar refractivity (Wildman–Crippen MR) is 102 cm³/mol. The summed E-state index contributed by atoms with van der Waals surface area (Å²) in [4.78, 5) is 27.3. The average molecular weight is 379 g/mol. The lowest BCUT2D eigenvalue weighted by molar-refractivity contribution is -0.138. The van der Waals surface area contributed by atoms with Crippen LogP contribution in [0.3, 0.4) is 0 Å². The first-order chi connectivity index (χ1) is 12.9. The van der Waals surface area contributed by atoms with E-state index in [4.69, 9.17) is 14.2 Å². The monoisotopic (exact) mass is 379 g/mol. The fourth-order valence-corrected chi connectivity index (χ4v) is 2.68. The molecule has 0 saturated carbocycles. The van der Waals surface area contributed by atoms with Crippen LogP contribution in [0.25, 0.3) is 0 Å². The van der Waals surface area contributed by atoms with Gasteiger partial charge in [-0.15, -0.1) is 0 Å². The Morgan fingerprint density at radius 3 is 2.41 bits per heavy atom. The van der Waals surface area contributed by atoms with Crippen LogP contribution in [0.1, 0.15) is 13.8 Å². The van der Waals surface area contributed by atoms with E-state index in [-0.39, 0.29) is 5.91 Å². The lowest BCUT2D eigenvalue weighted by Gasteiger charge is -2.27. The smallest absolute Gasteiger partial charge is 0.239 e. The number of nitrogens with zero attached hydrogens (tertiary/aromatic N) is 1. The lowest BCUT2D eigenvalue weighted by Crippen LogP contribution is -2.48. The normalized spacial score (nSPS) is 15.1. The zero-order valence-corrected chi connectivity index (χ0v) is 16.5. The Kier molecular flexibility index (Phi) is 7.44. The molecule has 0 aromatic heterocycles. The maximum absolute atomic E-state index is 12.6. The van der Waals surface area contributed by atoms with Gasteiger partial charge in [0.2, 0.25) is 11.8 Å². The molecule has 1 aromatic carbocycles. The van der Waals surface area contributed by atoms with Gasteiger partial charge in [0.15, 0.2) is 11.5 Å². The Balaban J connectivity index is 1.90.